The van der Waals surface area contributed by atoms with Gasteiger partial charge in [-0.25, -0.2) is 4.79 Å². The number of carboxylic acids is 1. The first-order valence-electron chi connectivity index (χ1n) is 6.91. The summed E-state index contributed by atoms with van der Waals surface area (Å²) in [5, 5.41) is 11.7. The number of carbonyl (C=O) groups is 2. The van der Waals surface area contributed by atoms with E-state index >= 15 is 0 Å². The van der Waals surface area contributed by atoms with Gasteiger partial charge in [0.1, 0.15) is 0 Å². The number of benzene rings is 1. The predicted octanol–water partition coefficient (Wildman–Crippen LogP) is 2.29. The van der Waals surface area contributed by atoms with Crippen LogP contribution in [0.1, 0.15) is 18.4 Å². The fourth-order valence-electron chi connectivity index (χ4n) is 1.98. The maximum absolute atomic E-state index is 12.0. The lowest BCUT2D eigenvalue weighted by Gasteiger charge is -2.22. The predicted molar refractivity (Wildman–Crippen MR) is 82.2 cm³/mol. The van der Waals surface area contributed by atoms with Gasteiger partial charge in [-0.2, -0.15) is 0 Å². The van der Waals surface area contributed by atoms with Crippen LogP contribution >= 0.6 is 0 Å². The summed E-state index contributed by atoms with van der Waals surface area (Å²) < 4.78 is 0. The molecule has 2 amide bonds. The number of carboxylic acid groups (broad SMARTS) is 1. The molecule has 0 spiro atoms. The quantitative estimate of drug-likeness (QED) is 0.722. The van der Waals surface area contributed by atoms with E-state index in [9.17, 15) is 9.59 Å². The number of carbonyl (C=O) groups excluding carboxylic acids is 1. The van der Waals surface area contributed by atoms with Crippen LogP contribution in [0.25, 0.3) is 0 Å². The van der Waals surface area contributed by atoms with Gasteiger partial charge in [0.15, 0.2) is 0 Å². The van der Waals surface area contributed by atoms with Gasteiger partial charge in [-0.3, -0.25) is 4.79 Å². The average Bonchev–Trinajstić information content (AvgIpc) is 2.46. The number of hydrogen-bond acceptors (Lipinski definition) is 2. The summed E-state index contributed by atoms with van der Waals surface area (Å²) >= 11 is 0. The molecule has 1 unspecified atom stereocenters. The molecule has 0 fully saturated rings. The molecule has 1 aromatic rings. The van der Waals surface area contributed by atoms with Crippen LogP contribution in [0.3, 0.4) is 0 Å². The van der Waals surface area contributed by atoms with Crippen molar-refractivity contribution >= 4 is 12.0 Å². The number of rotatable bonds is 8. The minimum atomic E-state index is -0.859. The molecule has 5 heteroatoms. The molecule has 0 saturated carbocycles. The summed E-state index contributed by atoms with van der Waals surface area (Å²) in [5.41, 5.74) is 1.07. The molecule has 0 radical (unpaired) electrons. The van der Waals surface area contributed by atoms with Gasteiger partial charge in [-0.1, -0.05) is 36.4 Å². The highest BCUT2D eigenvalue weighted by Gasteiger charge is 2.16. The van der Waals surface area contributed by atoms with Crippen LogP contribution in [-0.4, -0.2) is 41.6 Å². The molecular formula is C16H22N2O3. The molecule has 0 bridgehead atoms. The molecule has 0 aliphatic carbocycles. The fourth-order valence-corrected chi connectivity index (χ4v) is 1.98. The van der Waals surface area contributed by atoms with E-state index in [4.69, 9.17) is 5.11 Å². The first-order chi connectivity index (χ1) is 10.0. The monoisotopic (exact) mass is 290 g/mol. The molecule has 2 N–H and O–H groups in total. The molecule has 0 aliphatic rings. The molecule has 1 rings (SSSR count). The largest absolute Gasteiger partial charge is 0.481 e. The zero-order valence-electron chi connectivity index (χ0n) is 12.3. The molecule has 0 aromatic heterocycles. The molecular weight excluding hydrogens is 268 g/mol. The summed E-state index contributed by atoms with van der Waals surface area (Å²) in [6, 6.07) is 9.28. The standard InChI is InChI=1S/C16H22N2O3/c1-3-11-18(2)16(21)17-14(9-10-15(19)20)12-13-7-5-4-6-8-13/h3-8,14H,1,9-12H2,2H3,(H,17,21)(H,19,20). The fraction of sp³-hybridized carbons (Fsp3) is 0.375. The van der Waals surface area contributed by atoms with Crippen molar-refractivity contribution in [1.82, 2.24) is 10.2 Å². The van der Waals surface area contributed by atoms with Gasteiger partial charge < -0.3 is 15.3 Å². The zero-order valence-corrected chi connectivity index (χ0v) is 12.3. The molecule has 0 saturated heterocycles. The molecule has 5 nitrogen and oxygen atoms in total. The van der Waals surface area contributed by atoms with Crippen molar-refractivity contribution in [2.24, 2.45) is 0 Å². The lowest BCUT2D eigenvalue weighted by molar-refractivity contribution is -0.137. The second kappa shape index (κ2) is 8.79. The Morgan fingerprint density at radius 1 is 1.38 bits per heavy atom. The number of nitrogens with zero attached hydrogens (tertiary/aromatic N) is 1. The van der Waals surface area contributed by atoms with E-state index in [0.717, 1.165) is 5.56 Å². The Kier molecular flexibility index (Phi) is 7.01. The van der Waals surface area contributed by atoms with E-state index in [1.54, 1.807) is 13.1 Å². The third-order valence-corrected chi connectivity index (χ3v) is 3.11. The first-order valence-corrected chi connectivity index (χ1v) is 6.91. The van der Waals surface area contributed by atoms with Crippen LogP contribution in [0.15, 0.2) is 43.0 Å². The second-order valence-electron chi connectivity index (χ2n) is 4.94. The highest BCUT2D eigenvalue weighted by molar-refractivity contribution is 5.74. The van der Waals surface area contributed by atoms with Crippen molar-refractivity contribution in [1.29, 1.82) is 0 Å². The highest BCUT2D eigenvalue weighted by atomic mass is 16.4. The summed E-state index contributed by atoms with van der Waals surface area (Å²) in [6.45, 7) is 4.04. The number of amides is 2. The highest BCUT2D eigenvalue weighted by Crippen LogP contribution is 2.08. The van der Waals surface area contributed by atoms with Gasteiger partial charge in [0.05, 0.1) is 0 Å². The van der Waals surface area contributed by atoms with E-state index in [0.29, 0.717) is 19.4 Å². The minimum Gasteiger partial charge on any atom is -0.481 e. The molecule has 0 heterocycles. The van der Waals surface area contributed by atoms with E-state index in [2.05, 4.69) is 11.9 Å². The Bertz CT molecular complexity index is 474. The van der Waals surface area contributed by atoms with E-state index in [1.807, 2.05) is 30.3 Å². The van der Waals surface area contributed by atoms with Gasteiger partial charge in [0.2, 0.25) is 0 Å². The van der Waals surface area contributed by atoms with Crippen LogP contribution in [-0.2, 0) is 11.2 Å². The molecule has 1 atom stereocenters. The lowest BCUT2D eigenvalue weighted by Crippen LogP contribution is -2.44. The van der Waals surface area contributed by atoms with E-state index in [-0.39, 0.29) is 18.5 Å². The van der Waals surface area contributed by atoms with Crippen molar-refractivity contribution in [3.8, 4) is 0 Å². The number of urea groups is 1. The smallest absolute Gasteiger partial charge is 0.317 e. The summed E-state index contributed by atoms with van der Waals surface area (Å²) in [4.78, 5) is 24.2. The number of likely N-dealkylation sites (N-methyl/N-ethyl adjacent to an activating group) is 1. The van der Waals surface area contributed by atoms with Gasteiger partial charge in [0.25, 0.3) is 0 Å². The summed E-state index contributed by atoms with van der Waals surface area (Å²) in [6.07, 6.45) is 2.69. The number of aliphatic carboxylic acids is 1. The Morgan fingerprint density at radius 3 is 2.62 bits per heavy atom. The molecule has 21 heavy (non-hydrogen) atoms. The van der Waals surface area contributed by atoms with Crippen molar-refractivity contribution in [3.05, 3.63) is 48.6 Å². The maximum Gasteiger partial charge on any atom is 0.317 e. The Labute approximate surface area is 125 Å². The molecule has 0 aliphatic heterocycles. The van der Waals surface area contributed by atoms with Crippen LogP contribution in [0.5, 0.6) is 0 Å². The van der Waals surface area contributed by atoms with Crippen molar-refractivity contribution in [3.63, 3.8) is 0 Å². The minimum absolute atomic E-state index is 0.0307. The van der Waals surface area contributed by atoms with Gasteiger partial charge in [0, 0.05) is 26.1 Å². The number of hydrogen-bond donors (Lipinski definition) is 2. The Balaban J connectivity index is 2.65. The topological polar surface area (TPSA) is 69.6 Å². The van der Waals surface area contributed by atoms with Crippen LogP contribution in [0.2, 0.25) is 0 Å². The Morgan fingerprint density at radius 2 is 2.05 bits per heavy atom. The number of nitrogens with one attached hydrogen (secondary N) is 1. The van der Waals surface area contributed by atoms with Crippen molar-refractivity contribution in [2.45, 2.75) is 25.3 Å². The van der Waals surface area contributed by atoms with E-state index in [1.165, 1.54) is 4.90 Å². The lowest BCUT2D eigenvalue weighted by atomic mass is 10.0. The van der Waals surface area contributed by atoms with Crippen LogP contribution in [0, 0.1) is 0 Å². The van der Waals surface area contributed by atoms with Crippen LogP contribution in [0.4, 0.5) is 4.79 Å². The summed E-state index contributed by atoms with van der Waals surface area (Å²) in [7, 11) is 1.67. The molecule has 114 valence electrons. The maximum atomic E-state index is 12.0. The van der Waals surface area contributed by atoms with Crippen molar-refractivity contribution < 1.29 is 14.7 Å². The van der Waals surface area contributed by atoms with E-state index < -0.39 is 5.97 Å². The third kappa shape index (κ3) is 6.61. The van der Waals surface area contributed by atoms with Crippen LogP contribution < -0.4 is 5.32 Å². The Hall–Kier alpha value is -2.30. The average molecular weight is 290 g/mol. The molecule has 1 aromatic carbocycles. The summed E-state index contributed by atoms with van der Waals surface area (Å²) in [5.74, 6) is -0.859. The van der Waals surface area contributed by atoms with Gasteiger partial charge in [-0.05, 0) is 18.4 Å². The normalized spacial score (nSPS) is 11.5. The second-order valence-corrected chi connectivity index (χ2v) is 4.94. The van der Waals surface area contributed by atoms with Gasteiger partial charge >= 0.3 is 12.0 Å². The third-order valence-electron chi connectivity index (χ3n) is 3.11. The SMILES string of the molecule is C=CCN(C)C(=O)NC(CCC(=O)O)Cc1ccccc1. The first kappa shape index (κ1) is 16.8. The van der Waals surface area contributed by atoms with Crippen molar-refractivity contribution in [2.75, 3.05) is 13.6 Å². The zero-order chi connectivity index (χ0) is 15.7. The van der Waals surface area contributed by atoms with Gasteiger partial charge in [-0.15, -0.1) is 6.58 Å².